The molecule has 0 bridgehead atoms. The first-order valence-corrected chi connectivity index (χ1v) is 7.28. The zero-order chi connectivity index (χ0) is 15.9. The van der Waals surface area contributed by atoms with Gasteiger partial charge >= 0.3 is 0 Å². The van der Waals surface area contributed by atoms with Crippen molar-refractivity contribution in [3.8, 4) is 0 Å². The van der Waals surface area contributed by atoms with E-state index in [9.17, 15) is 4.79 Å². The van der Waals surface area contributed by atoms with Crippen molar-refractivity contribution in [3.63, 3.8) is 0 Å². The Kier molecular flexibility index (Phi) is 5.50. The van der Waals surface area contributed by atoms with E-state index in [1.807, 2.05) is 37.3 Å². The lowest BCUT2D eigenvalue weighted by Gasteiger charge is -2.07. The second-order valence-electron chi connectivity index (χ2n) is 4.72. The smallest absolute Gasteiger partial charge is 0.251 e. The van der Waals surface area contributed by atoms with E-state index >= 15 is 0 Å². The van der Waals surface area contributed by atoms with Crippen LogP contribution < -0.4 is 5.32 Å². The molecule has 0 atom stereocenters. The molecule has 1 amide bonds. The van der Waals surface area contributed by atoms with Crippen molar-refractivity contribution < 1.29 is 4.79 Å². The van der Waals surface area contributed by atoms with Crippen molar-refractivity contribution in [3.05, 3.63) is 76.3 Å². The van der Waals surface area contributed by atoms with Crippen molar-refractivity contribution in [1.82, 2.24) is 5.32 Å². The fourth-order valence-electron chi connectivity index (χ4n) is 2.06. The van der Waals surface area contributed by atoms with Gasteiger partial charge in [-0.25, -0.2) is 0 Å². The number of carbonyl (C=O) groups is 1. The van der Waals surface area contributed by atoms with E-state index in [2.05, 4.69) is 17.0 Å². The van der Waals surface area contributed by atoms with E-state index in [4.69, 9.17) is 11.6 Å². The summed E-state index contributed by atoms with van der Waals surface area (Å²) in [7, 11) is 0. The minimum Gasteiger partial charge on any atom is -0.348 e. The van der Waals surface area contributed by atoms with Gasteiger partial charge in [0.1, 0.15) is 0 Å². The highest BCUT2D eigenvalue weighted by Gasteiger charge is 2.07. The lowest BCUT2D eigenvalue weighted by Crippen LogP contribution is -2.22. The van der Waals surface area contributed by atoms with E-state index in [0.29, 0.717) is 17.1 Å². The minimum atomic E-state index is -0.128. The fourth-order valence-corrected chi connectivity index (χ4v) is 2.18. The topological polar surface area (TPSA) is 41.5 Å². The number of rotatable bonds is 5. The van der Waals surface area contributed by atoms with Crippen LogP contribution in [0.3, 0.4) is 0 Å². The van der Waals surface area contributed by atoms with Gasteiger partial charge in [0, 0.05) is 22.7 Å². The van der Waals surface area contributed by atoms with Gasteiger partial charge in [-0.15, -0.1) is 0 Å². The summed E-state index contributed by atoms with van der Waals surface area (Å²) in [5, 5.41) is 3.57. The first kappa shape index (κ1) is 16.0. The van der Waals surface area contributed by atoms with Crippen LogP contribution in [0.2, 0.25) is 5.02 Å². The lowest BCUT2D eigenvalue weighted by atomic mass is 10.1. The maximum Gasteiger partial charge on any atom is 0.251 e. The van der Waals surface area contributed by atoms with Crippen LogP contribution in [0.4, 0.5) is 0 Å². The molecule has 4 heteroatoms. The van der Waals surface area contributed by atoms with Gasteiger partial charge in [0.15, 0.2) is 0 Å². The Hall–Kier alpha value is -2.39. The normalized spacial score (nSPS) is 11.1. The zero-order valence-corrected chi connectivity index (χ0v) is 13.1. The zero-order valence-electron chi connectivity index (χ0n) is 12.3. The van der Waals surface area contributed by atoms with Crippen molar-refractivity contribution in [1.29, 1.82) is 0 Å². The van der Waals surface area contributed by atoms with Gasteiger partial charge in [0.2, 0.25) is 0 Å². The summed E-state index contributed by atoms with van der Waals surface area (Å²) in [6.07, 6.45) is 1.86. The van der Waals surface area contributed by atoms with Crippen LogP contribution in [0, 0.1) is 0 Å². The third-order valence-corrected chi connectivity index (χ3v) is 3.48. The van der Waals surface area contributed by atoms with Crippen LogP contribution in [-0.2, 0) is 6.54 Å². The molecule has 0 heterocycles. The predicted octanol–water partition coefficient (Wildman–Crippen LogP) is 4.33. The highest BCUT2D eigenvalue weighted by Crippen LogP contribution is 2.17. The van der Waals surface area contributed by atoms with Gasteiger partial charge in [-0.1, -0.05) is 41.9 Å². The number of benzene rings is 2. The predicted molar refractivity (Wildman–Crippen MR) is 92.3 cm³/mol. The fraction of sp³-hybridized carbons (Fsp3) is 0.111. The number of allylic oxidation sites excluding steroid dienone is 1. The summed E-state index contributed by atoms with van der Waals surface area (Å²) in [5.41, 5.74) is 3.22. The Balaban J connectivity index is 2.08. The molecule has 0 saturated heterocycles. The molecule has 0 radical (unpaired) electrons. The van der Waals surface area contributed by atoms with Crippen molar-refractivity contribution in [2.24, 2.45) is 4.99 Å². The number of carbonyl (C=O) groups excluding carboxylic acids is 1. The van der Waals surface area contributed by atoms with Crippen LogP contribution in [0.5, 0.6) is 0 Å². The van der Waals surface area contributed by atoms with Gasteiger partial charge < -0.3 is 5.32 Å². The Morgan fingerprint density at radius 3 is 2.55 bits per heavy atom. The van der Waals surface area contributed by atoms with Crippen molar-refractivity contribution in [2.45, 2.75) is 13.5 Å². The average Bonchev–Trinajstić information content (AvgIpc) is 2.55. The summed E-state index contributed by atoms with van der Waals surface area (Å²) >= 11 is 5.84. The standard InChI is InChI=1S/C18H17ClN2O/c1-3-17(20-2)14-5-4-6-15(11-14)18(22)21-12-13-7-9-16(19)10-8-13/h3-11H,2,12H2,1H3,(H,21,22)/b17-3-. The summed E-state index contributed by atoms with van der Waals surface area (Å²) in [4.78, 5) is 16.2. The van der Waals surface area contributed by atoms with E-state index in [1.165, 1.54) is 0 Å². The summed E-state index contributed by atoms with van der Waals surface area (Å²) in [6.45, 7) is 5.88. The number of aliphatic imine (C=N–C) groups is 1. The molecule has 2 aromatic rings. The van der Waals surface area contributed by atoms with Crippen molar-refractivity contribution in [2.75, 3.05) is 0 Å². The highest BCUT2D eigenvalue weighted by atomic mass is 35.5. The van der Waals surface area contributed by atoms with Crippen LogP contribution in [0.15, 0.2) is 59.6 Å². The van der Waals surface area contributed by atoms with Gasteiger partial charge in [0.25, 0.3) is 5.91 Å². The van der Waals surface area contributed by atoms with E-state index in [-0.39, 0.29) is 5.91 Å². The average molecular weight is 313 g/mol. The number of nitrogens with one attached hydrogen (secondary N) is 1. The van der Waals surface area contributed by atoms with E-state index in [1.54, 1.807) is 24.3 Å². The Labute approximate surface area is 135 Å². The second kappa shape index (κ2) is 7.57. The quantitative estimate of drug-likeness (QED) is 0.820. The molecule has 0 aromatic heterocycles. The summed E-state index contributed by atoms with van der Waals surface area (Å²) in [6, 6.07) is 14.7. The maximum absolute atomic E-state index is 12.2. The van der Waals surface area contributed by atoms with Gasteiger partial charge in [-0.3, -0.25) is 9.79 Å². The maximum atomic E-state index is 12.2. The van der Waals surface area contributed by atoms with Crippen LogP contribution in [0.1, 0.15) is 28.4 Å². The molecule has 3 nitrogen and oxygen atoms in total. The molecule has 0 aliphatic carbocycles. The molecule has 0 fully saturated rings. The molecular weight excluding hydrogens is 296 g/mol. The monoisotopic (exact) mass is 312 g/mol. The number of hydrogen-bond acceptors (Lipinski definition) is 2. The SMILES string of the molecule is C=N/C(=C\C)c1cccc(C(=O)NCc2ccc(Cl)cc2)c1. The highest BCUT2D eigenvalue weighted by molar-refractivity contribution is 6.30. The Bertz CT molecular complexity index is 705. The van der Waals surface area contributed by atoms with Crippen LogP contribution in [0.25, 0.3) is 5.70 Å². The first-order chi connectivity index (χ1) is 10.6. The van der Waals surface area contributed by atoms with Gasteiger partial charge in [0.05, 0.1) is 5.70 Å². The molecule has 0 spiro atoms. The van der Waals surface area contributed by atoms with Gasteiger partial charge in [-0.05, 0) is 43.5 Å². The molecule has 22 heavy (non-hydrogen) atoms. The molecule has 0 aliphatic rings. The second-order valence-corrected chi connectivity index (χ2v) is 5.16. The van der Waals surface area contributed by atoms with E-state index < -0.39 is 0 Å². The largest absolute Gasteiger partial charge is 0.348 e. The summed E-state index contributed by atoms with van der Waals surface area (Å²) in [5.74, 6) is -0.128. The summed E-state index contributed by atoms with van der Waals surface area (Å²) < 4.78 is 0. The third-order valence-electron chi connectivity index (χ3n) is 3.23. The van der Waals surface area contributed by atoms with Crippen molar-refractivity contribution >= 4 is 29.9 Å². The van der Waals surface area contributed by atoms with Gasteiger partial charge in [-0.2, -0.15) is 0 Å². The van der Waals surface area contributed by atoms with Crippen LogP contribution >= 0.6 is 11.6 Å². The molecule has 0 aliphatic heterocycles. The number of hydrogen-bond donors (Lipinski definition) is 1. The molecule has 0 unspecified atom stereocenters. The third kappa shape index (κ3) is 4.06. The van der Waals surface area contributed by atoms with Crippen LogP contribution in [-0.4, -0.2) is 12.6 Å². The molecule has 1 N–H and O–H groups in total. The first-order valence-electron chi connectivity index (χ1n) is 6.90. The number of halogens is 1. The Morgan fingerprint density at radius 2 is 1.91 bits per heavy atom. The number of nitrogens with zero attached hydrogens (tertiary/aromatic N) is 1. The molecular formula is C18H17ClN2O. The molecule has 0 saturated carbocycles. The van der Waals surface area contributed by atoms with E-state index in [0.717, 1.165) is 16.8 Å². The minimum absolute atomic E-state index is 0.128. The lowest BCUT2D eigenvalue weighted by molar-refractivity contribution is 0.0951. The molecule has 112 valence electrons. The molecule has 2 aromatic carbocycles. The Morgan fingerprint density at radius 1 is 1.23 bits per heavy atom. The number of amides is 1. The molecule has 2 rings (SSSR count).